The van der Waals surface area contributed by atoms with Gasteiger partial charge >= 0.3 is 0 Å². The molecule has 8 heteroatoms. The molecule has 31 heavy (non-hydrogen) atoms. The van der Waals surface area contributed by atoms with Gasteiger partial charge < -0.3 is 29.3 Å². The number of hydrogen-bond acceptors (Lipinski definition) is 5. The second-order valence-corrected chi connectivity index (χ2v) is 6.97. The first-order valence-corrected chi connectivity index (χ1v) is 10.3. The van der Waals surface area contributed by atoms with E-state index in [0.717, 1.165) is 67.2 Å². The molecule has 3 rings (SSSR count). The van der Waals surface area contributed by atoms with Crippen LogP contribution in [0.2, 0.25) is 0 Å². The normalized spacial score (nSPS) is 14.0. The summed E-state index contributed by atoms with van der Waals surface area (Å²) in [4.78, 5) is 9.55. The Morgan fingerprint density at radius 3 is 2.23 bits per heavy atom. The van der Waals surface area contributed by atoms with Crippen LogP contribution in [-0.4, -0.2) is 64.9 Å². The Bertz CT molecular complexity index is 854. The van der Waals surface area contributed by atoms with Crippen molar-refractivity contribution in [2.24, 2.45) is 4.99 Å². The number of nitrogens with zero attached hydrogens (tertiary/aromatic N) is 3. The van der Waals surface area contributed by atoms with Gasteiger partial charge in [0.15, 0.2) is 17.5 Å². The summed E-state index contributed by atoms with van der Waals surface area (Å²) in [5, 5.41) is 3.43. The molecule has 1 aliphatic rings. The van der Waals surface area contributed by atoms with Crippen LogP contribution < -0.4 is 24.4 Å². The van der Waals surface area contributed by atoms with Crippen molar-refractivity contribution >= 4 is 35.6 Å². The number of para-hydroxylation sites is 3. The lowest BCUT2D eigenvalue weighted by Gasteiger charge is -2.38. The van der Waals surface area contributed by atoms with Crippen LogP contribution in [0.3, 0.4) is 0 Å². The van der Waals surface area contributed by atoms with Crippen LogP contribution in [-0.2, 0) is 6.54 Å². The van der Waals surface area contributed by atoms with E-state index in [1.807, 2.05) is 30.3 Å². The summed E-state index contributed by atoms with van der Waals surface area (Å²) in [6, 6.07) is 14.1. The van der Waals surface area contributed by atoms with Crippen molar-refractivity contribution in [2.75, 3.05) is 59.0 Å². The van der Waals surface area contributed by atoms with E-state index in [2.05, 4.69) is 34.2 Å². The zero-order valence-corrected chi connectivity index (χ0v) is 21.1. The van der Waals surface area contributed by atoms with Crippen LogP contribution >= 0.6 is 24.0 Å². The first kappa shape index (κ1) is 24.9. The molecule has 1 saturated heterocycles. The summed E-state index contributed by atoms with van der Waals surface area (Å²) >= 11 is 0. The molecule has 0 bridgehead atoms. The number of benzene rings is 2. The number of piperazine rings is 1. The molecule has 0 aliphatic carbocycles. The molecule has 0 saturated carbocycles. The van der Waals surface area contributed by atoms with E-state index in [9.17, 15) is 0 Å². The van der Waals surface area contributed by atoms with E-state index in [-0.39, 0.29) is 24.0 Å². The average molecular weight is 540 g/mol. The Labute approximate surface area is 202 Å². The first-order chi connectivity index (χ1) is 14.7. The molecular weight excluding hydrogens is 507 g/mol. The van der Waals surface area contributed by atoms with Crippen molar-refractivity contribution in [3.63, 3.8) is 0 Å². The van der Waals surface area contributed by atoms with Crippen LogP contribution in [0.25, 0.3) is 0 Å². The van der Waals surface area contributed by atoms with Crippen molar-refractivity contribution in [3.05, 3.63) is 48.0 Å². The number of ether oxygens (including phenoxy) is 3. The Hall–Kier alpha value is -2.36. The second kappa shape index (κ2) is 12.5. The molecule has 1 N–H and O–H groups in total. The highest BCUT2D eigenvalue weighted by atomic mass is 127. The van der Waals surface area contributed by atoms with E-state index >= 15 is 0 Å². The number of halogens is 1. The van der Waals surface area contributed by atoms with Gasteiger partial charge in [0.2, 0.25) is 0 Å². The molecule has 170 valence electrons. The van der Waals surface area contributed by atoms with Crippen molar-refractivity contribution in [1.29, 1.82) is 0 Å². The number of anilines is 1. The molecule has 0 spiro atoms. The zero-order chi connectivity index (χ0) is 21.3. The molecule has 7 nitrogen and oxygen atoms in total. The van der Waals surface area contributed by atoms with E-state index in [4.69, 9.17) is 19.2 Å². The molecule has 0 atom stereocenters. The Morgan fingerprint density at radius 1 is 0.903 bits per heavy atom. The van der Waals surface area contributed by atoms with Crippen molar-refractivity contribution < 1.29 is 14.2 Å². The van der Waals surface area contributed by atoms with Crippen LogP contribution in [0.5, 0.6) is 17.2 Å². The van der Waals surface area contributed by atoms with Crippen LogP contribution in [0.4, 0.5) is 5.69 Å². The Morgan fingerprint density at radius 2 is 1.58 bits per heavy atom. The number of aliphatic imine (C=N–C) groups is 1. The predicted octanol–water partition coefficient (Wildman–Crippen LogP) is 3.62. The average Bonchev–Trinajstić information content (AvgIpc) is 2.81. The highest BCUT2D eigenvalue weighted by Gasteiger charge is 2.22. The summed E-state index contributed by atoms with van der Waals surface area (Å²) in [6.07, 6.45) is 0. The molecular formula is C23H33IN4O3. The minimum Gasteiger partial charge on any atom is -0.495 e. The third kappa shape index (κ3) is 6.09. The maximum absolute atomic E-state index is 5.54. The third-order valence-corrected chi connectivity index (χ3v) is 5.22. The first-order valence-electron chi connectivity index (χ1n) is 10.3. The Kier molecular flexibility index (Phi) is 10.0. The quantitative estimate of drug-likeness (QED) is 0.329. The summed E-state index contributed by atoms with van der Waals surface area (Å²) < 4.78 is 16.5. The summed E-state index contributed by atoms with van der Waals surface area (Å²) in [5.41, 5.74) is 2.14. The van der Waals surface area contributed by atoms with Crippen LogP contribution in [0, 0.1) is 0 Å². The number of methoxy groups -OCH3 is 3. The van der Waals surface area contributed by atoms with Crippen molar-refractivity contribution in [3.8, 4) is 17.2 Å². The smallest absolute Gasteiger partial charge is 0.194 e. The molecule has 0 amide bonds. The standard InChI is InChI=1S/C23H32N4O3.HI/c1-5-24-23(25-17-18-9-8-12-21(29-3)22(18)30-4)27-15-13-26(14-16-27)19-10-6-7-11-20(19)28-2;/h6-12H,5,13-17H2,1-4H3,(H,24,25);1H. The van der Waals surface area contributed by atoms with Gasteiger partial charge in [0.25, 0.3) is 0 Å². The number of hydrogen-bond donors (Lipinski definition) is 1. The second-order valence-electron chi connectivity index (χ2n) is 6.97. The summed E-state index contributed by atoms with van der Waals surface area (Å²) in [5.74, 6) is 3.29. The fourth-order valence-corrected chi connectivity index (χ4v) is 3.71. The Balaban J connectivity index is 0.00000341. The highest BCUT2D eigenvalue weighted by molar-refractivity contribution is 14.0. The predicted molar refractivity (Wildman–Crippen MR) is 137 cm³/mol. The van der Waals surface area contributed by atoms with Gasteiger partial charge in [0.1, 0.15) is 5.75 Å². The maximum atomic E-state index is 5.54. The number of nitrogens with one attached hydrogen (secondary N) is 1. The maximum Gasteiger partial charge on any atom is 0.194 e. The van der Waals surface area contributed by atoms with Gasteiger partial charge in [-0.25, -0.2) is 4.99 Å². The van der Waals surface area contributed by atoms with E-state index < -0.39 is 0 Å². The lowest BCUT2D eigenvalue weighted by atomic mass is 10.2. The lowest BCUT2D eigenvalue weighted by Crippen LogP contribution is -2.52. The molecule has 0 aromatic heterocycles. The molecule has 1 aliphatic heterocycles. The SMILES string of the molecule is CCNC(=NCc1cccc(OC)c1OC)N1CCN(c2ccccc2OC)CC1.I. The monoisotopic (exact) mass is 540 g/mol. The van der Waals surface area contributed by atoms with Crippen molar-refractivity contribution in [1.82, 2.24) is 10.2 Å². The van der Waals surface area contributed by atoms with Crippen molar-refractivity contribution in [2.45, 2.75) is 13.5 Å². The van der Waals surface area contributed by atoms with Gasteiger partial charge in [-0.2, -0.15) is 0 Å². The zero-order valence-electron chi connectivity index (χ0n) is 18.8. The van der Waals surface area contributed by atoms with Gasteiger partial charge in [-0.3, -0.25) is 0 Å². The van der Waals surface area contributed by atoms with Gasteiger partial charge in [0, 0.05) is 38.3 Å². The van der Waals surface area contributed by atoms with E-state index in [0.29, 0.717) is 6.54 Å². The molecule has 2 aromatic rings. The molecule has 1 heterocycles. The fraction of sp³-hybridized carbons (Fsp3) is 0.435. The van der Waals surface area contributed by atoms with Crippen LogP contribution in [0.15, 0.2) is 47.5 Å². The molecule has 0 radical (unpaired) electrons. The number of guanidine groups is 1. The van der Waals surface area contributed by atoms with Gasteiger partial charge in [-0.1, -0.05) is 24.3 Å². The minimum absolute atomic E-state index is 0. The van der Waals surface area contributed by atoms with E-state index in [1.54, 1.807) is 21.3 Å². The van der Waals surface area contributed by atoms with E-state index in [1.165, 1.54) is 0 Å². The number of rotatable bonds is 7. The minimum atomic E-state index is 0. The van der Waals surface area contributed by atoms with Gasteiger partial charge in [-0.05, 0) is 25.1 Å². The topological polar surface area (TPSA) is 58.6 Å². The fourth-order valence-electron chi connectivity index (χ4n) is 3.71. The molecule has 1 fully saturated rings. The molecule has 2 aromatic carbocycles. The molecule has 0 unspecified atom stereocenters. The van der Waals surface area contributed by atoms with Gasteiger partial charge in [0.05, 0.1) is 33.6 Å². The van der Waals surface area contributed by atoms with Gasteiger partial charge in [-0.15, -0.1) is 24.0 Å². The largest absolute Gasteiger partial charge is 0.495 e. The lowest BCUT2D eigenvalue weighted by molar-refractivity contribution is 0.351. The third-order valence-electron chi connectivity index (χ3n) is 5.22. The summed E-state index contributed by atoms with van der Waals surface area (Å²) in [6.45, 7) is 7.03. The summed E-state index contributed by atoms with van der Waals surface area (Å²) in [7, 11) is 5.03. The highest BCUT2D eigenvalue weighted by Crippen LogP contribution is 2.31. The van der Waals surface area contributed by atoms with Crippen LogP contribution in [0.1, 0.15) is 12.5 Å².